The molecule has 6 nitrogen and oxygen atoms in total. The van der Waals surface area contributed by atoms with Gasteiger partial charge in [-0.15, -0.1) is 22.8 Å². The molecule has 0 spiro atoms. The van der Waals surface area contributed by atoms with E-state index in [0.29, 0.717) is 16.7 Å². The van der Waals surface area contributed by atoms with Gasteiger partial charge in [-0.05, 0) is 13.6 Å². The van der Waals surface area contributed by atoms with Gasteiger partial charge in [-0.1, -0.05) is 6.58 Å². The number of methoxy groups -OCH3 is 1. The number of carbonyl (C=O) groups is 1. The van der Waals surface area contributed by atoms with E-state index in [1.54, 1.807) is 11.5 Å². The molecule has 0 bridgehead atoms. The lowest BCUT2D eigenvalue weighted by Gasteiger charge is -2.12. The standard InChI is InChI=1S/C10H14N4O2S/c1-6-12-13-10(14(6)7(2)17)8(11-3)5-9(15)16-4/h8,17H,2-3,5H2,1,4H3/t8-/m0/s1. The fourth-order valence-corrected chi connectivity index (χ4v) is 1.64. The number of thiol groups is 1. The second-order valence-electron chi connectivity index (χ2n) is 3.34. The number of aromatic nitrogens is 3. The highest BCUT2D eigenvalue weighted by molar-refractivity contribution is 7.90. The van der Waals surface area contributed by atoms with Gasteiger partial charge in [-0.25, -0.2) is 0 Å². The van der Waals surface area contributed by atoms with Gasteiger partial charge >= 0.3 is 5.97 Å². The zero-order valence-electron chi connectivity index (χ0n) is 9.75. The van der Waals surface area contributed by atoms with Crippen LogP contribution >= 0.6 is 12.6 Å². The summed E-state index contributed by atoms with van der Waals surface area (Å²) in [6.07, 6.45) is 0.0548. The zero-order valence-corrected chi connectivity index (χ0v) is 10.6. The van der Waals surface area contributed by atoms with Crippen molar-refractivity contribution < 1.29 is 9.53 Å². The van der Waals surface area contributed by atoms with Crippen LogP contribution in [0.25, 0.3) is 5.03 Å². The minimum Gasteiger partial charge on any atom is -0.469 e. The Balaban J connectivity index is 3.08. The van der Waals surface area contributed by atoms with Gasteiger partial charge in [0, 0.05) is 0 Å². The van der Waals surface area contributed by atoms with E-state index in [4.69, 9.17) is 0 Å². The molecule has 1 aromatic heterocycles. The lowest BCUT2D eigenvalue weighted by molar-refractivity contribution is -0.141. The van der Waals surface area contributed by atoms with Crippen LogP contribution in [0.1, 0.15) is 24.1 Å². The second-order valence-corrected chi connectivity index (χ2v) is 3.85. The molecule has 1 heterocycles. The monoisotopic (exact) mass is 254 g/mol. The number of hydrogen-bond acceptors (Lipinski definition) is 6. The van der Waals surface area contributed by atoms with Crippen LogP contribution in [-0.2, 0) is 9.53 Å². The number of hydrogen-bond donors (Lipinski definition) is 1. The molecule has 0 fully saturated rings. The van der Waals surface area contributed by atoms with Crippen LogP contribution in [0.2, 0.25) is 0 Å². The molecule has 0 aliphatic heterocycles. The van der Waals surface area contributed by atoms with Crippen molar-refractivity contribution in [3.05, 3.63) is 18.2 Å². The topological polar surface area (TPSA) is 69.4 Å². The highest BCUT2D eigenvalue weighted by Gasteiger charge is 2.22. The van der Waals surface area contributed by atoms with Gasteiger partial charge in [-0.2, -0.15) is 0 Å². The first-order valence-corrected chi connectivity index (χ1v) is 5.28. The largest absolute Gasteiger partial charge is 0.469 e. The Morgan fingerprint density at radius 3 is 2.76 bits per heavy atom. The predicted molar refractivity (Wildman–Crippen MR) is 68.0 cm³/mol. The molecule has 17 heavy (non-hydrogen) atoms. The third-order valence-corrected chi connectivity index (χ3v) is 2.41. The average Bonchev–Trinajstić information content (AvgIpc) is 2.67. The summed E-state index contributed by atoms with van der Waals surface area (Å²) in [5.74, 6) is 0.709. The number of aliphatic imine (C=N–C) groups is 1. The summed E-state index contributed by atoms with van der Waals surface area (Å²) in [4.78, 5) is 15.1. The molecule has 7 heteroatoms. The molecule has 0 radical (unpaired) electrons. The first-order chi connectivity index (χ1) is 8.01. The molecular formula is C10H14N4O2S. The van der Waals surface area contributed by atoms with Crippen molar-refractivity contribution in [2.24, 2.45) is 4.99 Å². The summed E-state index contributed by atoms with van der Waals surface area (Å²) in [6, 6.07) is -0.521. The van der Waals surface area contributed by atoms with Gasteiger partial charge in [0.2, 0.25) is 0 Å². The molecule has 0 aromatic carbocycles. The molecule has 0 saturated carbocycles. The van der Waals surface area contributed by atoms with Crippen LogP contribution in [-0.4, -0.2) is 34.6 Å². The SMILES string of the molecule is C=N[C@@H](CC(=O)OC)c1nnc(C)n1C(=C)S. The van der Waals surface area contributed by atoms with Crippen molar-refractivity contribution in [3.8, 4) is 0 Å². The number of nitrogens with zero attached hydrogens (tertiary/aromatic N) is 4. The molecule has 1 rings (SSSR count). The highest BCUT2D eigenvalue weighted by atomic mass is 32.1. The number of carbonyl (C=O) groups excluding carboxylic acids is 1. The van der Waals surface area contributed by atoms with Crippen molar-refractivity contribution in [1.29, 1.82) is 0 Å². The van der Waals surface area contributed by atoms with Gasteiger partial charge in [0.1, 0.15) is 11.9 Å². The number of ether oxygens (including phenoxy) is 1. The van der Waals surface area contributed by atoms with E-state index in [0.717, 1.165) is 0 Å². The van der Waals surface area contributed by atoms with E-state index in [2.05, 4.69) is 45.9 Å². The van der Waals surface area contributed by atoms with Gasteiger partial charge in [0.05, 0.1) is 18.6 Å². The fraction of sp³-hybridized carbons (Fsp3) is 0.400. The molecule has 0 N–H and O–H groups in total. The highest BCUT2D eigenvalue weighted by Crippen LogP contribution is 2.23. The lowest BCUT2D eigenvalue weighted by Crippen LogP contribution is -2.12. The smallest absolute Gasteiger partial charge is 0.308 e. The van der Waals surface area contributed by atoms with E-state index in [1.165, 1.54) is 7.11 Å². The van der Waals surface area contributed by atoms with E-state index < -0.39 is 6.04 Å². The van der Waals surface area contributed by atoms with E-state index in [9.17, 15) is 4.79 Å². The van der Waals surface area contributed by atoms with Gasteiger partial charge in [-0.3, -0.25) is 14.4 Å². The minimum atomic E-state index is -0.521. The maximum atomic E-state index is 11.2. The van der Waals surface area contributed by atoms with Crippen molar-refractivity contribution >= 4 is 30.3 Å². The molecule has 1 atom stereocenters. The van der Waals surface area contributed by atoms with Crippen molar-refractivity contribution in [2.45, 2.75) is 19.4 Å². The maximum absolute atomic E-state index is 11.2. The lowest BCUT2D eigenvalue weighted by atomic mass is 10.2. The quantitative estimate of drug-likeness (QED) is 0.488. The van der Waals surface area contributed by atoms with Gasteiger partial charge < -0.3 is 4.74 Å². The van der Waals surface area contributed by atoms with E-state index in [-0.39, 0.29) is 12.4 Å². The third kappa shape index (κ3) is 2.94. The maximum Gasteiger partial charge on any atom is 0.308 e. The summed E-state index contributed by atoms with van der Waals surface area (Å²) in [5, 5.41) is 8.32. The summed E-state index contributed by atoms with van der Waals surface area (Å²) in [7, 11) is 1.32. The van der Waals surface area contributed by atoms with Crippen molar-refractivity contribution in [3.63, 3.8) is 0 Å². The van der Waals surface area contributed by atoms with Crippen LogP contribution in [0, 0.1) is 6.92 Å². The molecule has 1 aromatic rings. The Labute approximate surface area is 105 Å². The van der Waals surface area contributed by atoms with Crippen molar-refractivity contribution in [2.75, 3.05) is 7.11 Å². The molecular weight excluding hydrogens is 240 g/mol. The van der Waals surface area contributed by atoms with Crippen LogP contribution in [0.5, 0.6) is 0 Å². The van der Waals surface area contributed by atoms with Crippen LogP contribution in [0.4, 0.5) is 0 Å². The summed E-state index contributed by atoms with van der Waals surface area (Å²) >= 11 is 4.15. The first kappa shape index (κ1) is 13.4. The molecule has 0 amide bonds. The minimum absolute atomic E-state index is 0.0548. The Bertz CT molecular complexity index is 455. The Morgan fingerprint density at radius 2 is 2.29 bits per heavy atom. The molecule has 0 saturated heterocycles. The fourth-order valence-electron chi connectivity index (χ4n) is 1.39. The third-order valence-electron chi connectivity index (χ3n) is 2.21. The Morgan fingerprint density at radius 1 is 1.65 bits per heavy atom. The van der Waals surface area contributed by atoms with Crippen LogP contribution < -0.4 is 0 Å². The number of aryl methyl sites for hydroxylation is 1. The summed E-state index contributed by atoms with van der Waals surface area (Å²) in [5.41, 5.74) is 0. The van der Waals surface area contributed by atoms with Crippen LogP contribution in [0.15, 0.2) is 11.6 Å². The van der Waals surface area contributed by atoms with Crippen LogP contribution in [0.3, 0.4) is 0 Å². The first-order valence-electron chi connectivity index (χ1n) is 4.84. The van der Waals surface area contributed by atoms with E-state index in [1.807, 2.05) is 0 Å². The molecule has 0 aliphatic rings. The second kappa shape index (κ2) is 5.62. The average molecular weight is 254 g/mol. The number of rotatable bonds is 5. The normalized spacial score (nSPS) is 11.9. The Kier molecular flexibility index (Phi) is 4.45. The summed E-state index contributed by atoms with van der Waals surface area (Å²) in [6.45, 7) is 8.91. The molecule has 0 unspecified atom stereocenters. The van der Waals surface area contributed by atoms with Gasteiger partial charge in [0.15, 0.2) is 5.82 Å². The predicted octanol–water partition coefficient (Wildman–Crippen LogP) is 1.25. The van der Waals surface area contributed by atoms with E-state index >= 15 is 0 Å². The number of esters is 1. The molecule has 0 aliphatic carbocycles. The van der Waals surface area contributed by atoms with Crippen molar-refractivity contribution in [1.82, 2.24) is 14.8 Å². The Hall–Kier alpha value is -1.63. The molecule has 92 valence electrons. The van der Waals surface area contributed by atoms with Gasteiger partial charge in [0.25, 0.3) is 0 Å². The zero-order chi connectivity index (χ0) is 13.0. The summed E-state index contributed by atoms with van der Waals surface area (Å²) < 4.78 is 6.20.